The number of ether oxygens (including phenoxy) is 1. The molecule has 0 aliphatic heterocycles. The first-order chi connectivity index (χ1) is 10.4. The standard InChI is InChI=1S/C16H23F3N2O2/c1-6-23-13(22)11-10(2)12(14(3,4)17)20-21(11)9-15(5)7-16(18,19)8-15/h6-9H2,1-5H3. The third kappa shape index (κ3) is 3.53. The maximum absolute atomic E-state index is 14.3. The molecule has 0 atom stereocenters. The first kappa shape index (κ1) is 17.8. The first-order valence-electron chi connectivity index (χ1n) is 7.70. The van der Waals surface area contributed by atoms with Crippen LogP contribution in [-0.4, -0.2) is 28.3 Å². The summed E-state index contributed by atoms with van der Waals surface area (Å²) in [5, 5.41) is 4.20. The second-order valence-electron chi connectivity index (χ2n) is 7.19. The van der Waals surface area contributed by atoms with Gasteiger partial charge >= 0.3 is 5.97 Å². The number of aromatic nitrogens is 2. The summed E-state index contributed by atoms with van der Waals surface area (Å²) in [5.41, 5.74) is -1.73. The summed E-state index contributed by atoms with van der Waals surface area (Å²) in [6.45, 7) is 7.99. The van der Waals surface area contributed by atoms with Crippen LogP contribution in [0.4, 0.5) is 13.2 Å². The van der Waals surface area contributed by atoms with Crippen molar-refractivity contribution in [3.8, 4) is 0 Å². The number of carbonyl (C=O) groups is 1. The van der Waals surface area contributed by atoms with Gasteiger partial charge in [-0.25, -0.2) is 18.0 Å². The lowest BCUT2D eigenvalue weighted by Crippen LogP contribution is -2.47. The zero-order valence-corrected chi connectivity index (χ0v) is 14.2. The largest absolute Gasteiger partial charge is 0.461 e. The highest BCUT2D eigenvalue weighted by atomic mass is 19.3. The molecular weight excluding hydrogens is 309 g/mol. The van der Waals surface area contributed by atoms with Crippen molar-refractivity contribution < 1.29 is 22.7 Å². The van der Waals surface area contributed by atoms with Crippen LogP contribution in [0.5, 0.6) is 0 Å². The van der Waals surface area contributed by atoms with Crippen LogP contribution < -0.4 is 0 Å². The Morgan fingerprint density at radius 2 is 1.96 bits per heavy atom. The van der Waals surface area contributed by atoms with Crippen LogP contribution in [0.1, 0.15) is 62.3 Å². The average molecular weight is 332 g/mol. The number of alkyl halides is 3. The minimum Gasteiger partial charge on any atom is -0.461 e. The van der Waals surface area contributed by atoms with Crippen molar-refractivity contribution in [1.82, 2.24) is 9.78 Å². The maximum atomic E-state index is 14.3. The van der Waals surface area contributed by atoms with Crippen molar-refractivity contribution in [2.24, 2.45) is 5.41 Å². The molecule has 130 valence electrons. The van der Waals surface area contributed by atoms with Gasteiger partial charge in [0.1, 0.15) is 17.1 Å². The van der Waals surface area contributed by atoms with Crippen molar-refractivity contribution in [3.63, 3.8) is 0 Å². The summed E-state index contributed by atoms with van der Waals surface area (Å²) in [5.74, 6) is -3.29. The summed E-state index contributed by atoms with van der Waals surface area (Å²) in [6.07, 6.45) is -0.537. The van der Waals surface area contributed by atoms with Crippen LogP contribution >= 0.6 is 0 Å². The summed E-state index contributed by atoms with van der Waals surface area (Å²) in [6, 6.07) is 0. The average Bonchev–Trinajstić information content (AvgIpc) is 2.62. The van der Waals surface area contributed by atoms with Gasteiger partial charge in [-0.3, -0.25) is 4.68 Å². The second-order valence-corrected chi connectivity index (χ2v) is 7.19. The van der Waals surface area contributed by atoms with Crippen molar-refractivity contribution in [3.05, 3.63) is 17.0 Å². The van der Waals surface area contributed by atoms with Crippen molar-refractivity contribution in [2.75, 3.05) is 6.61 Å². The van der Waals surface area contributed by atoms with E-state index in [-0.39, 0.29) is 37.4 Å². The van der Waals surface area contributed by atoms with Gasteiger partial charge in [0.2, 0.25) is 5.92 Å². The number of halogens is 3. The number of esters is 1. The first-order valence-corrected chi connectivity index (χ1v) is 7.70. The lowest BCUT2D eigenvalue weighted by atomic mass is 9.67. The number of carbonyl (C=O) groups excluding carboxylic acids is 1. The van der Waals surface area contributed by atoms with E-state index in [2.05, 4.69) is 5.10 Å². The van der Waals surface area contributed by atoms with Crippen molar-refractivity contribution >= 4 is 5.97 Å². The van der Waals surface area contributed by atoms with E-state index in [0.29, 0.717) is 5.56 Å². The molecule has 0 bridgehead atoms. The minimum absolute atomic E-state index is 0.133. The highest BCUT2D eigenvalue weighted by Crippen LogP contribution is 2.52. The van der Waals surface area contributed by atoms with E-state index in [4.69, 9.17) is 4.74 Å². The molecule has 0 radical (unpaired) electrons. The van der Waals surface area contributed by atoms with E-state index < -0.39 is 23.0 Å². The molecule has 1 fully saturated rings. The monoisotopic (exact) mass is 332 g/mol. The van der Waals surface area contributed by atoms with Crippen LogP contribution in [0.2, 0.25) is 0 Å². The summed E-state index contributed by atoms with van der Waals surface area (Å²) < 4.78 is 47.1. The molecule has 0 unspecified atom stereocenters. The van der Waals surface area contributed by atoms with Gasteiger partial charge in [0.25, 0.3) is 0 Å². The lowest BCUT2D eigenvalue weighted by Gasteiger charge is -2.44. The van der Waals surface area contributed by atoms with Gasteiger partial charge in [0, 0.05) is 24.9 Å². The maximum Gasteiger partial charge on any atom is 0.356 e. The van der Waals surface area contributed by atoms with Gasteiger partial charge < -0.3 is 4.74 Å². The molecule has 1 aliphatic rings. The Kier molecular flexibility index (Phi) is 4.28. The van der Waals surface area contributed by atoms with Crippen LogP contribution in [0.15, 0.2) is 0 Å². The fraction of sp³-hybridized carbons (Fsp3) is 0.750. The number of hydrogen-bond donors (Lipinski definition) is 0. The molecule has 0 aromatic carbocycles. The zero-order valence-electron chi connectivity index (χ0n) is 14.2. The van der Waals surface area contributed by atoms with E-state index >= 15 is 0 Å². The minimum atomic E-state index is -2.68. The van der Waals surface area contributed by atoms with E-state index in [1.165, 1.54) is 18.5 Å². The van der Waals surface area contributed by atoms with Crippen LogP contribution in [0, 0.1) is 12.3 Å². The normalized spacial score (nSPS) is 19.3. The highest BCUT2D eigenvalue weighted by Gasteiger charge is 2.54. The van der Waals surface area contributed by atoms with Crippen molar-refractivity contribution in [1.29, 1.82) is 0 Å². The summed E-state index contributed by atoms with van der Waals surface area (Å²) in [4.78, 5) is 12.2. The number of rotatable bonds is 5. The molecule has 1 heterocycles. The van der Waals surface area contributed by atoms with Crippen LogP contribution in [-0.2, 0) is 17.0 Å². The fourth-order valence-electron chi connectivity index (χ4n) is 3.36. The topological polar surface area (TPSA) is 44.1 Å². The van der Waals surface area contributed by atoms with Gasteiger partial charge in [-0.2, -0.15) is 5.10 Å². The molecule has 1 aliphatic carbocycles. The van der Waals surface area contributed by atoms with E-state index in [0.717, 1.165) is 0 Å². The van der Waals surface area contributed by atoms with Gasteiger partial charge in [0.05, 0.1) is 6.61 Å². The molecule has 2 rings (SSSR count). The molecule has 1 aromatic rings. The molecule has 4 nitrogen and oxygen atoms in total. The molecular formula is C16H23F3N2O2. The van der Waals surface area contributed by atoms with Gasteiger partial charge in [-0.1, -0.05) is 6.92 Å². The van der Waals surface area contributed by atoms with E-state index in [9.17, 15) is 18.0 Å². The van der Waals surface area contributed by atoms with Crippen LogP contribution in [0.3, 0.4) is 0 Å². The number of nitrogens with zero attached hydrogens (tertiary/aromatic N) is 2. The third-order valence-corrected chi connectivity index (χ3v) is 4.12. The Balaban J connectivity index is 2.39. The Bertz CT molecular complexity index is 610. The highest BCUT2D eigenvalue weighted by molar-refractivity contribution is 5.89. The molecule has 0 saturated heterocycles. The Labute approximate surface area is 134 Å². The molecule has 23 heavy (non-hydrogen) atoms. The summed E-state index contributed by atoms with van der Waals surface area (Å²) >= 11 is 0. The quantitative estimate of drug-likeness (QED) is 0.765. The van der Waals surface area contributed by atoms with E-state index in [1.54, 1.807) is 20.8 Å². The van der Waals surface area contributed by atoms with Gasteiger partial charge in [0.15, 0.2) is 0 Å². The smallest absolute Gasteiger partial charge is 0.356 e. The molecule has 1 aromatic heterocycles. The van der Waals surface area contributed by atoms with Gasteiger partial charge in [-0.15, -0.1) is 0 Å². The number of hydrogen-bond acceptors (Lipinski definition) is 3. The van der Waals surface area contributed by atoms with Crippen molar-refractivity contribution in [2.45, 2.75) is 65.6 Å². The Morgan fingerprint density at radius 3 is 2.39 bits per heavy atom. The predicted molar refractivity (Wildman–Crippen MR) is 79.3 cm³/mol. The molecule has 0 N–H and O–H groups in total. The molecule has 7 heteroatoms. The zero-order chi connectivity index (χ0) is 17.6. The summed E-state index contributed by atoms with van der Waals surface area (Å²) in [7, 11) is 0. The second kappa shape index (κ2) is 5.53. The SMILES string of the molecule is CCOC(=O)c1c(C)c(C(C)(C)F)nn1CC1(C)CC(F)(F)C1. The molecule has 1 saturated carbocycles. The predicted octanol–water partition coefficient (Wildman–Crippen LogP) is 4.01. The molecule has 0 spiro atoms. The Hall–Kier alpha value is -1.53. The van der Waals surface area contributed by atoms with Crippen LogP contribution in [0.25, 0.3) is 0 Å². The van der Waals surface area contributed by atoms with E-state index in [1.807, 2.05) is 0 Å². The third-order valence-electron chi connectivity index (χ3n) is 4.12. The lowest BCUT2D eigenvalue weighted by molar-refractivity contribution is -0.160. The Morgan fingerprint density at radius 1 is 1.39 bits per heavy atom. The molecule has 0 amide bonds. The van der Waals surface area contributed by atoms with Gasteiger partial charge in [-0.05, 0) is 33.1 Å². The fourth-order valence-corrected chi connectivity index (χ4v) is 3.36.